The van der Waals surface area contributed by atoms with Crippen LogP contribution in [0.4, 0.5) is 0 Å². The summed E-state index contributed by atoms with van der Waals surface area (Å²) >= 11 is 0. The van der Waals surface area contributed by atoms with Crippen molar-refractivity contribution in [2.75, 3.05) is 27.4 Å². The molecule has 0 radical (unpaired) electrons. The van der Waals surface area contributed by atoms with Crippen molar-refractivity contribution >= 4 is 0 Å². The van der Waals surface area contributed by atoms with Crippen LogP contribution in [0, 0.1) is 5.92 Å². The molecular weight excluding hydrogens is 238 g/mol. The Labute approximate surface area is 117 Å². The van der Waals surface area contributed by atoms with Crippen molar-refractivity contribution in [2.24, 2.45) is 5.92 Å². The molecule has 0 amide bonds. The monoisotopic (exact) mass is 265 g/mol. The van der Waals surface area contributed by atoms with Gasteiger partial charge in [0.05, 0.1) is 6.61 Å². The summed E-state index contributed by atoms with van der Waals surface area (Å²) in [5, 5.41) is 3.40. The Morgan fingerprint density at radius 3 is 2.58 bits per heavy atom. The van der Waals surface area contributed by atoms with Crippen LogP contribution in [0.2, 0.25) is 0 Å². The molecule has 0 saturated carbocycles. The molecule has 0 bridgehead atoms. The molecule has 0 spiro atoms. The molecular formula is C16H27NO2. The Kier molecular flexibility index (Phi) is 7.53. The van der Waals surface area contributed by atoms with E-state index < -0.39 is 0 Å². The highest BCUT2D eigenvalue weighted by molar-refractivity contribution is 5.36. The van der Waals surface area contributed by atoms with E-state index in [1.165, 1.54) is 12.0 Å². The number of methoxy groups -OCH3 is 1. The lowest BCUT2D eigenvalue weighted by atomic mass is 9.94. The minimum atomic E-state index is 0.341. The number of rotatable bonds is 9. The summed E-state index contributed by atoms with van der Waals surface area (Å²) in [4.78, 5) is 0. The van der Waals surface area contributed by atoms with E-state index in [4.69, 9.17) is 9.47 Å². The van der Waals surface area contributed by atoms with Gasteiger partial charge in [0.2, 0.25) is 0 Å². The van der Waals surface area contributed by atoms with Crippen LogP contribution in [0.15, 0.2) is 24.3 Å². The third-order valence-electron chi connectivity index (χ3n) is 3.52. The van der Waals surface area contributed by atoms with Crippen molar-refractivity contribution in [3.63, 3.8) is 0 Å². The third-order valence-corrected chi connectivity index (χ3v) is 3.52. The topological polar surface area (TPSA) is 30.5 Å². The lowest BCUT2D eigenvalue weighted by Gasteiger charge is -2.22. The first-order valence-corrected chi connectivity index (χ1v) is 7.10. The normalized spacial score (nSPS) is 14.1. The van der Waals surface area contributed by atoms with Crippen LogP contribution in [0.1, 0.15) is 38.3 Å². The second-order valence-corrected chi connectivity index (χ2v) is 4.97. The van der Waals surface area contributed by atoms with Crippen LogP contribution >= 0.6 is 0 Å². The van der Waals surface area contributed by atoms with Crippen LogP contribution in [-0.4, -0.2) is 27.4 Å². The predicted molar refractivity (Wildman–Crippen MR) is 79.7 cm³/mol. The number of nitrogens with one attached hydrogen (secondary N) is 1. The van der Waals surface area contributed by atoms with Gasteiger partial charge < -0.3 is 14.8 Å². The van der Waals surface area contributed by atoms with Gasteiger partial charge in [0.1, 0.15) is 12.4 Å². The van der Waals surface area contributed by atoms with Gasteiger partial charge in [0.15, 0.2) is 0 Å². The Balaban J connectivity index is 2.77. The fraction of sp³-hybridized carbons (Fsp3) is 0.625. The maximum atomic E-state index is 5.81. The average Bonchev–Trinajstić information content (AvgIpc) is 2.45. The van der Waals surface area contributed by atoms with E-state index in [0.29, 0.717) is 25.2 Å². The molecule has 0 aliphatic carbocycles. The van der Waals surface area contributed by atoms with Crippen LogP contribution in [-0.2, 0) is 4.74 Å². The summed E-state index contributed by atoms with van der Waals surface area (Å²) in [5.41, 5.74) is 1.24. The number of para-hydroxylation sites is 1. The van der Waals surface area contributed by atoms with Crippen molar-refractivity contribution < 1.29 is 9.47 Å². The van der Waals surface area contributed by atoms with Crippen LogP contribution < -0.4 is 10.1 Å². The molecule has 0 fully saturated rings. The van der Waals surface area contributed by atoms with Gasteiger partial charge in [-0.15, -0.1) is 0 Å². The Morgan fingerprint density at radius 1 is 1.21 bits per heavy atom. The Morgan fingerprint density at radius 2 is 1.95 bits per heavy atom. The van der Waals surface area contributed by atoms with Gasteiger partial charge in [-0.05, 0) is 25.5 Å². The molecule has 0 aliphatic rings. The second-order valence-electron chi connectivity index (χ2n) is 4.97. The van der Waals surface area contributed by atoms with Crippen molar-refractivity contribution in [3.8, 4) is 5.75 Å². The summed E-state index contributed by atoms with van der Waals surface area (Å²) in [5.74, 6) is 1.66. The highest BCUT2D eigenvalue weighted by atomic mass is 16.5. The lowest BCUT2D eigenvalue weighted by Crippen LogP contribution is -2.20. The van der Waals surface area contributed by atoms with E-state index in [9.17, 15) is 0 Å². The van der Waals surface area contributed by atoms with Gasteiger partial charge in [-0.2, -0.15) is 0 Å². The Bertz CT molecular complexity index is 354. The molecule has 2 unspecified atom stereocenters. The molecule has 1 N–H and O–H groups in total. The number of ether oxygens (including phenoxy) is 2. The number of hydrogen-bond acceptors (Lipinski definition) is 3. The van der Waals surface area contributed by atoms with E-state index in [2.05, 4.69) is 31.3 Å². The molecule has 1 rings (SSSR count). The third kappa shape index (κ3) is 5.21. The highest BCUT2D eigenvalue weighted by Gasteiger charge is 2.16. The number of hydrogen-bond donors (Lipinski definition) is 1. The van der Waals surface area contributed by atoms with Gasteiger partial charge in [-0.1, -0.05) is 38.5 Å². The number of benzene rings is 1. The summed E-state index contributed by atoms with van der Waals surface area (Å²) in [6.07, 6.45) is 2.32. The van der Waals surface area contributed by atoms with E-state index in [1.807, 2.05) is 19.2 Å². The largest absolute Gasteiger partial charge is 0.491 e. The van der Waals surface area contributed by atoms with Crippen LogP contribution in [0.3, 0.4) is 0 Å². The van der Waals surface area contributed by atoms with Crippen molar-refractivity contribution in [1.29, 1.82) is 0 Å². The van der Waals surface area contributed by atoms with Crippen molar-refractivity contribution in [2.45, 2.75) is 32.7 Å². The molecule has 3 nitrogen and oxygen atoms in total. The minimum absolute atomic E-state index is 0.341. The maximum Gasteiger partial charge on any atom is 0.124 e. The van der Waals surface area contributed by atoms with Crippen LogP contribution in [0.5, 0.6) is 5.75 Å². The highest BCUT2D eigenvalue weighted by Crippen LogP contribution is 2.29. The SMILES string of the molecule is CCC(C)CC(NC)c1ccccc1OCCOC. The average molecular weight is 265 g/mol. The first-order chi connectivity index (χ1) is 9.22. The Hall–Kier alpha value is -1.06. The van der Waals surface area contributed by atoms with E-state index >= 15 is 0 Å². The van der Waals surface area contributed by atoms with E-state index in [1.54, 1.807) is 7.11 Å². The van der Waals surface area contributed by atoms with Gasteiger partial charge in [-0.3, -0.25) is 0 Å². The zero-order chi connectivity index (χ0) is 14.1. The second kappa shape index (κ2) is 8.94. The first-order valence-electron chi connectivity index (χ1n) is 7.10. The molecule has 3 heteroatoms. The molecule has 108 valence electrons. The zero-order valence-electron chi connectivity index (χ0n) is 12.6. The fourth-order valence-corrected chi connectivity index (χ4v) is 2.10. The smallest absolute Gasteiger partial charge is 0.124 e. The molecule has 1 aromatic rings. The molecule has 1 aromatic carbocycles. The standard InChI is InChI=1S/C16H27NO2/c1-5-13(2)12-15(17-3)14-8-6-7-9-16(14)19-11-10-18-4/h6-9,13,15,17H,5,10-12H2,1-4H3. The molecule has 19 heavy (non-hydrogen) atoms. The predicted octanol–water partition coefficient (Wildman–Crippen LogP) is 3.41. The van der Waals surface area contributed by atoms with Crippen molar-refractivity contribution in [3.05, 3.63) is 29.8 Å². The van der Waals surface area contributed by atoms with Gasteiger partial charge in [0, 0.05) is 18.7 Å². The fourth-order valence-electron chi connectivity index (χ4n) is 2.10. The quantitative estimate of drug-likeness (QED) is 0.694. The molecule has 0 aliphatic heterocycles. The summed E-state index contributed by atoms with van der Waals surface area (Å²) in [7, 11) is 3.70. The summed E-state index contributed by atoms with van der Waals surface area (Å²) in [6, 6.07) is 8.60. The minimum Gasteiger partial charge on any atom is -0.491 e. The molecule has 0 aromatic heterocycles. The summed E-state index contributed by atoms with van der Waals surface area (Å²) < 4.78 is 10.8. The maximum absolute atomic E-state index is 5.81. The summed E-state index contributed by atoms with van der Waals surface area (Å²) in [6.45, 7) is 5.73. The van der Waals surface area contributed by atoms with Gasteiger partial charge in [-0.25, -0.2) is 0 Å². The zero-order valence-corrected chi connectivity index (χ0v) is 12.6. The first kappa shape index (κ1) is 16.0. The lowest BCUT2D eigenvalue weighted by molar-refractivity contribution is 0.145. The molecule has 2 atom stereocenters. The molecule has 0 saturated heterocycles. The van der Waals surface area contributed by atoms with Gasteiger partial charge >= 0.3 is 0 Å². The van der Waals surface area contributed by atoms with E-state index in [0.717, 1.165) is 12.2 Å². The van der Waals surface area contributed by atoms with Gasteiger partial charge in [0.25, 0.3) is 0 Å². The molecule has 0 heterocycles. The van der Waals surface area contributed by atoms with Crippen molar-refractivity contribution in [1.82, 2.24) is 5.32 Å². The van der Waals surface area contributed by atoms with E-state index in [-0.39, 0.29) is 0 Å². The van der Waals surface area contributed by atoms with Crippen LogP contribution in [0.25, 0.3) is 0 Å².